The smallest absolute Gasteiger partial charge is 0.326 e. The number of nitrogens with one attached hydrogen (secondary N) is 4. The van der Waals surface area contributed by atoms with E-state index in [1.54, 1.807) is 36.5 Å². The standard InChI is InChI=1S/C30H40N8O6/c1-17(39)25(31)28(42)38-24(15-19-16-35-21-11-6-5-10-20(19)21)27(41)37-23(14-18-8-3-2-4-9-18)26(40)36-22(29(43)44)12-7-13-34-30(32)33/h2-6,8-11,16-17,22-25,35,39H,7,12-15,31H2,1H3,(H,36,40)(H,37,41)(H,38,42)(H,43,44)(H4,32,33,34). The van der Waals surface area contributed by atoms with E-state index in [9.17, 15) is 29.4 Å². The average molecular weight is 609 g/mol. The van der Waals surface area contributed by atoms with Crippen LogP contribution in [0.4, 0.5) is 0 Å². The molecule has 12 N–H and O–H groups in total. The fraction of sp³-hybridized carbons (Fsp3) is 0.367. The third-order valence-corrected chi connectivity index (χ3v) is 7.03. The van der Waals surface area contributed by atoms with Gasteiger partial charge in [-0.2, -0.15) is 0 Å². The highest BCUT2D eigenvalue weighted by atomic mass is 16.4. The number of aliphatic carboxylic acids is 1. The number of nitrogens with zero attached hydrogens (tertiary/aromatic N) is 1. The maximum Gasteiger partial charge on any atom is 0.326 e. The summed E-state index contributed by atoms with van der Waals surface area (Å²) in [6, 6.07) is 11.4. The van der Waals surface area contributed by atoms with Crippen LogP contribution in [0.5, 0.6) is 0 Å². The fourth-order valence-electron chi connectivity index (χ4n) is 4.58. The van der Waals surface area contributed by atoms with E-state index in [0.29, 0.717) is 5.56 Å². The number of aliphatic hydroxyl groups is 1. The first-order valence-corrected chi connectivity index (χ1v) is 14.2. The average Bonchev–Trinajstić information content (AvgIpc) is 3.40. The van der Waals surface area contributed by atoms with Crippen LogP contribution < -0.4 is 33.2 Å². The number of fused-ring (bicyclic) bond motifs is 1. The van der Waals surface area contributed by atoms with E-state index in [-0.39, 0.29) is 38.2 Å². The van der Waals surface area contributed by atoms with Gasteiger partial charge in [0.2, 0.25) is 17.7 Å². The van der Waals surface area contributed by atoms with Gasteiger partial charge in [0.15, 0.2) is 5.96 Å². The summed E-state index contributed by atoms with van der Waals surface area (Å²) in [5, 5.41) is 28.2. The quantitative estimate of drug-likeness (QED) is 0.0563. The minimum Gasteiger partial charge on any atom is -0.480 e. The number of aromatic amines is 1. The zero-order chi connectivity index (χ0) is 32.2. The van der Waals surface area contributed by atoms with Crippen LogP contribution in [0.3, 0.4) is 0 Å². The second-order valence-corrected chi connectivity index (χ2v) is 10.5. The largest absolute Gasteiger partial charge is 0.480 e. The molecular weight excluding hydrogens is 568 g/mol. The van der Waals surface area contributed by atoms with Crippen molar-refractivity contribution in [2.45, 2.75) is 62.9 Å². The second-order valence-electron chi connectivity index (χ2n) is 10.5. The molecule has 14 heteroatoms. The minimum absolute atomic E-state index is 0.0380. The summed E-state index contributed by atoms with van der Waals surface area (Å²) < 4.78 is 0. The minimum atomic E-state index is -1.30. The summed E-state index contributed by atoms with van der Waals surface area (Å²) >= 11 is 0. The van der Waals surface area contributed by atoms with Crippen molar-refractivity contribution >= 4 is 40.6 Å². The third-order valence-electron chi connectivity index (χ3n) is 7.03. The molecule has 0 spiro atoms. The summed E-state index contributed by atoms with van der Waals surface area (Å²) in [6.45, 7) is 1.53. The van der Waals surface area contributed by atoms with Crippen LogP contribution in [0.2, 0.25) is 0 Å². The predicted octanol–water partition coefficient (Wildman–Crippen LogP) is -0.746. The van der Waals surface area contributed by atoms with Crippen molar-refractivity contribution in [3.05, 3.63) is 71.9 Å². The number of para-hydroxylation sites is 1. The lowest BCUT2D eigenvalue weighted by Gasteiger charge is -2.26. The monoisotopic (exact) mass is 608 g/mol. The van der Waals surface area contributed by atoms with Crippen LogP contribution in [0.15, 0.2) is 65.8 Å². The second kappa shape index (κ2) is 16.0. The topological polar surface area (TPSA) is 251 Å². The Hall–Kier alpha value is -4.95. The Balaban J connectivity index is 1.86. The number of benzene rings is 2. The van der Waals surface area contributed by atoms with E-state index in [2.05, 4.69) is 25.9 Å². The van der Waals surface area contributed by atoms with Gasteiger partial charge in [0.1, 0.15) is 24.2 Å². The van der Waals surface area contributed by atoms with Crippen LogP contribution in [-0.2, 0) is 32.0 Å². The van der Waals surface area contributed by atoms with Gasteiger partial charge in [-0.1, -0.05) is 48.5 Å². The Labute approximate surface area is 254 Å². The molecule has 236 valence electrons. The lowest BCUT2D eigenvalue weighted by atomic mass is 10.0. The van der Waals surface area contributed by atoms with Crippen molar-refractivity contribution < 1.29 is 29.4 Å². The summed E-state index contributed by atoms with van der Waals surface area (Å²) in [7, 11) is 0. The number of nitrogens with two attached hydrogens (primary N) is 3. The number of carboxylic acids is 1. The Morgan fingerprint density at radius 2 is 1.45 bits per heavy atom. The van der Waals surface area contributed by atoms with Gasteiger partial charge in [0.05, 0.1) is 6.10 Å². The highest BCUT2D eigenvalue weighted by Gasteiger charge is 2.31. The summed E-state index contributed by atoms with van der Waals surface area (Å²) in [4.78, 5) is 59.0. The molecule has 0 aliphatic heterocycles. The number of H-pyrrole nitrogens is 1. The molecule has 1 aromatic heterocycles. The molecule has 5 unspecified atom stereocenters. The van der Waals surface area contributed by atoms with E-state index in [1.807, 2.05) is 24.3 Å². The van der Waals surface area contributed by atoms with Crippen molar-refractivity contribution in [1.29, 1.82) is 0 Å². The molecule has 0 saturated carbocycles. The number of amides is 3. The van der Waals surface area contributed by atoms with Crippen LogP contribution in [0, 0.1) is 0 Å². The molecule has 0 aliphatic carbocycles. The molecule has 0 aliphatic rings. The zero-order valence-electron chi connectivity index (χ0n) is 24.4. The van der Waals surface area contributed by atoms with Gasteiger partial charge >= 0.3 is 5.97 Å². The number of carbonyl (C=O) groups is 4. The Bertz CT molecular complexity index is 1450. The highest BCUT2D eigenvalue weighted by Crippen LogP contribution is 2.19. The number of guanidine groups is 1. The van der Waals surface area contributed by atoms with E-state index in [1.165, 1.54) is 6.92 Å². The van der Waals surface area contributed by atoms with Gasteiger partial charge in [0.25, 0.3) is 0 Å². The van der Waals surface area contributed by atoms with Gasteiger partial charge in [-0.25, -0.2) is 4.79 Å². The first-order valence-electron chi connectivity index (χ1n) is 14.2. The zero-order valence-corrected chi connectivity index (χ0v) is 24.4. The number of hydrogen-bond donors (Lipinski definition) is 9. The van der Waals surface area contributed by atoms with E-state index < -0.39 is 54.0 Å². The number of carboxylic acid groups (broad SMARTS) is 1. The van der Waals surface area contributed by atoms with E-state index in [4.69, 9.17) is 17.2 Å². The van der Waals surface area contributed by atoms with Crippen molar-refractivity contribution in [2.75, 3.05) is 6.54 Å². The van der Waals surface area contributed by atoms with Gasteiger partial charge in [0, 0.05) is 36.5 Å². The molecule has 1 heterocycles. The molecule has 3 aromatic rings. The Morgan fingerprint density at radius 1 is 0.864 bits per heavy atom. The van der Waals surface area contributed by atoms with Crippen LogP contribution in [0.1, 0.15) is 30.9 Å². The maximum atomic E-state index is 13.8. The third kappa shape index (κ3) is 9.81. The molecule has 0 fully saturated rings. The predicted molar refractivity (Wildman–Crippen MR) is 165 cm³/mol. The Kier molecular flexibility index (Phi) is 12.2. The molecule has 14 nitrogen and oxygen atoms in total. The van der Waals surface area contributed by atoms with Crippen LogP contribution in [0.25, 0.3) is 10.9 Å². The number of carbonyl (C=O) groups excluding carboxylic acids is 3. The van der Waals surface area contributed by atoms with Gasteiger partial charge in [-0.05, 0) is 37.0 Å². The number of hydrogen-bond acceptors (Lipinski definition) is 7. The molecule has 3 rings (SSSR count). The van der Waals surface area contributed by atoms with Gasteiger partial charge < -0.3 is 48.3 Å². The van der Waals surface area contributed by atoms with Crippen molar-refractivity contribution in [3.63, 3.8) is 0 Å². The molecule has 44 heavy (non-hydrogen) atoms. The lowest BCUT2D eigenvalue weighted by Crippen LogP contribution is -2.59. The molecular formula is C30H40N8O6. The van der Waals surface area contributed by atoms with Gasteiger partial charge in [-0.3, -0.25) is 19.4 Å². The lowest BCUT2D eigenvalue weighted by molar-refractivity contribution is -0.142. The number of aromatic nitrogens is 1. The summed E-state index contributed by atoms with van der Waals surface area (Å²) in [5.41, 5.74) is 18.7. The molecule has 2 aromatic carbocycles. The van der Waals surface area contributed by atoms with E-state index >= 15 is 0 Å². The van der Waals surface area contributed by atoms with Crippen molar-refractivity contribution in [2.24, 2.45) is 22.2 Å². The Morgan fingerprint density at radius 3 is 2.09 bits per heavy atom. The number of aliphatic hydroxyl groups excluding tert-OH is 1. The normalized spacial score (nSPS) is 14.4. The van der Waals surface area contributed by atoms with Crippen molar-refractivity contribution in [3.8, 4) is 0 Å². The van der Waals surface area contributed by atoms with Crippen LogP contribution in [-0.4, -0.2) is 81.7 Å². The molecule has 3 amide bonds. The first kappa shape index (κ1) is 33.6. The molecule has 5 atom stereocenters. The molecule has 0 bridgehead atoms. The molecule has 0 radical (unpaired) electrons. The highest BCUT2D eigenvalue weighted by molar-refractivity contribution is 5.95. The van der Waals surface area contributed by atoms with Gasteiger partial charge in [-0.15, -0.1) is 0 Å². The summed E-state index contributed by atoms with van der Waals surface area (Å²) in [5.74, 6) is -3.57. The van der Waals surface area contributed by atoms with Crippen molar-refractivity contribution in [1.82, 2.24) is 20.9 Å². The number of rotatable bonds is 16. The maximum absolute atomic E-state index is 13.8. The first-order chi connectivity index (χ1) is 21.0. The summed E-state index contributed by atoms with van der Waals surface area (Å²) in [6.07, 6.45) is 0.951. The SMILES string of the molecule is CC(O)C(N)C(=O)NC(Cc1c[nH]c2ccccc12)C(=O)NC(Cc1ccccc1)C(=O)NC(CCCN=C(N)N)C(=O)O. The fourth-order valence-corrected chi connectivity index (χ4v) is 4.58. The molecule has 0 saturated heterocycles. The van der Waals surface area contributed by atoms with E-state index in [0.717, 1.165) is 16.5 Å². The van der Waals surface area contributed by atoms with Crippen LogP contribution >= 0.6 is 0 Å². The number of aliphatic imine (C=N–C) groups is 1.